The summed E-state index contributed by atoms with van der Waals surface area (Å²) in [7, 11) is 0. The first-order valence-electron chi connectivity index (χ1n) is 3.88. The summed E-state index contributed by atoms with van der Waals surface area (Å²) in [5.41, 5.74) is 0. The SMILES string of the molecule is CC(=O)N1C(=O)NC2C(=O)OC(=O)C21. The fraction of sp³-hybridized carbons (Fsp3) is 0.429. The van der Waals surface area contributed by atoms with Crippen LogP contribution in [-0.2, 0) is 19.1 Å². The second-order valence-electron chi connectivity index (χ2n) is 3.00. The van der Waals surface area contributed by atoms with Gasteiger partial charge < -0.3 is 10.1 Å². The average molecular weight is 198 g/mol. The molecule has 2 aliphatic heterocycles. The van der Waals surface area contributed by atoms with Crippen molar-refractivity contribution in [3.8, 4) is 0 Å². The monoisotopic (exact) mass is 198 g/mol. The molecular weight excluding hydrogens is 192 g/mol. The summed E-state index contributed by atoms with van der Waals surface area (Å²) in [5, 5.41) is 2.20. The zero-order valence-corrected chi connectivity index (χ0v) is 7.14. The van der Waals surface area contributed by atoms with Gasteiger partial charge in [-0.3, -0.25) is 4.79 Å². The van der Waals surface area contributed by atoms with Crippen LogP contribution in [0.4, 0.5) is 4.79 Å². The van der Waals surface area contributed by atoms with Crippen molar-refractivity contribution < 1.29 is 23.9 Å². The van der Waals surface area contributed by atoms with E-state index in [0.717, 1.165) is 6.92 Å². The number of carbonyl (C=O) groups excluding carboxylic acids is 4. The molecule has 0 spiro atoms. The lowest BCUT2D eigenvalue weighted by Gasteiger charge is -2.13. The minimum absolute atomic E-state index is 0.596. The smallest absolute Gasteiger partial charge is 0.339 e. The van der Waals surface area contributed by atoms with E-state index < -0.39 is 36.0 Å². The van der Waals surface area contributed by atoms with Crippen LogP contribution in [0.15, 0.2) is 0 Å². The topological polar surface area (TPSA) is 92.8 Å². The van der Waals surface area contributed by atoms with Crippen LogP contribution >= 0.6 is 0 Å². The molecule has 7 nitrogen and oxygen atoms in total. The van der Waals surface area contributed by atoms with E-state index in [1.54, 1.807) is 0 Å². The molecule has 3 amide bonds. The number of hydrogen-bond donors (Lipinski definition) is 1. The lowest BCUT2D eigenvalue weighted by Crippen LogP contribution is -2.42. The Labute approximate surface area is 78.0 Å². The van der Waals surface area contributed by atoms with E-state index in [0.29, 0.717) is 4.90 Å². The Kier molecular flexibility index (Phi) is 1.57. The number of hydrogen-bond acceptors (Lipinski definition) is 5. The van der Waals surface area contributed by atoms with Gasteiger partial charge in [-0.1, -0.05) is 0 Å². The van der Waals surface area contributed by atoms with Crippen LogP contribution in [0.5, 0.6) is 0 Å². The van der Waals surface area contributed by atoms with Crippen LogP contribution in [0.3, 0.4) is 0 Å². The van der Waals surface area contributed by atoms with E-state index in [2.05, 4.69) is 10.1 Å². The standard InChI is InChI=1S/C7H6N2O5/c1-2(10)9-4-3(8-7(9)13)5(11)14-6(4)12/h3-4H,1H3,(H,8,13). The van der Waals surface area contributed by atoms with Crippen LogP contribution in [-0.4, -0.2) is 40.9 Å². The number of fused-ring (bicyclic) bond motifs is 1. The highest BCUT2D eigenvalue weighted by atomic mass is 16.6. The van der Waals surface area contributed by atoms with Gasteiger partial charge in [0, 0.05) is 6.92 Å². The van der Waals surface area contributed by atoms with Crippen LogP contribution in [0.1, 0.15) is 6.92 Å². The zero-order valence-electron chi connectivity index (χ0n) is 7.14. The summed E-state index contributed by atoms with van der Waals surface area (Å²) in [6.45, 7) is 1.14. The number of nitrogens with zero attached hydrogens (tertiary/aromatic N) is 1. The Balaban J connectivity index is 2.38. The van der Waals surface area contributed by atoms with Crippen LogP contribution in [0.25, 0.3) is 0 Å². The van der Waals surface area contributed by atoms with E-state index >= 15 is 0 Å². The Morgan fingerprint density at radius 1 is 1.36 bits per heavy atom. The number of cyclic esters (lactones) is 2. The molecule has 1 N–H and O–H groups in total. The number of amides is 3. The van der Waals surface area contributed by atoms with Crippen molar-refractivity contribution >= 4 is 23.9 Å². The van der Waals surface area contributed by atoms with Gasteiger partial charge in [-0.2, -0.15) is 0 Å². The maximum Gasteiger partial charge on any atom is 0.339 e. The lowest BCUT2D eigenvalue weighted by atomic mass is 10.2. The molecule has 0 saturated carbocycles. The number of carbonyl (C=O) groups is 4. The first-order chi connectivity index (χ1) is 6.52. The molecule has 0 radical (unpaired) electrons. The highest BCUT2D eigenvalue weighted by Gasteiger charge is 2.56. The Morgan fingerprint density at radius 3 is 2.57 bits per heavy atom. The molecule has 2 saturated heterocycles. The summed E-state index contributed by atoms with van der Waals surface area (Å²) in [6.07, 6.45) is 0. The van der Waals surface area contributed by atoms with Crippen LogP contribution < -0.4 is 5.32 Å². The number of urea groups is 1. The Bertz CT molecular complexity index is 361. The molecule has 2 rings (SSSR count). The van der Waals surface area contributed by atoms with Gasteiger partial charge in [0.15, 0.2) is 12.1 Å². The van der Waals surface area contributed by atoms with Gasteiger partial charge in [-0.25, -0.2) is 19.3 Å². The predicted octanol–water partition coefficient (Wildman–Crippen LogP) is -1.62. The lowest BCUT2D eigenvalue weighted by molar-refractivity contribution is -0.155. The van der Waals surface area contributed by atoms with Crippen molar-refractivity contribution in [3.63, 3.8) is 0 Å². The molecule has 0 aromatic heterocycles. The molecule has 7 heteroatoms. The third-order valence-electron chi connectivity index (χ3n) is 2.13. The van der Waals surface area contributed by atoms with E-state index in [9.17, 15) is 19.2 Å². The van der Waals surface area contributed by atoms with Crippen molar-refractivity contribution in [2.24, 2.45) is 0 Å². The zero-order chi connectivity index (χ0) is 10.5. The highest BCUT2D eigenvalue weighted by Crippen LogP contribution is 2.22. The highest BCUT2D eigenvalue weighted by molar-refractivity contribution is 6.11. The molecular formula is C7H6N2O5. The van der Waals surface area contributed by atoms with Gasteiger partial charge in [0.2, 0.25) is 5.91 Å². The number of nitrogens with one attached hydrogen (secondary N) is 1. The molecule has 2 unspecified atom stereocenters. The Hall–Kier alpha value is -1.92. The molecule has 2 fully saturated rings. The van der Waals surface area contributed by atoms with Gasteiger partial charge in [-0.05, 0) is 0 Å². The summed E-state index contributed by atoms with van der Waals surface area (Å²) in [4.78, 5) is 44.9. The fourth-order valence-corrected chi connectivity index (χ4v) is 1.55. The molecule has 0 aromatic carbocycles. The van der Waals surface area contributed by atoms with Crippen molar-refractivity contribution in [2.75, 3.05) is 0 Å². The molecule has 14 heavy (non-hydrogen) atoms. The van der Waals surface area contributed by atoms with E-state index in [1.807, 2.05) is 0 Å². The summed E-state index contributed by atoms with van der Waals surface area (Å²) in [5.74, 6) is -2.28. The first-order valence-corrected chi connectivity index (χ1v) is 3.88. The van der Waals surface area contributed by atoms with Crippen molar-refractivity contribution in [3.05, 3.63) is 0 Å². The van der Waals surface area contributed by atoms with Gasteiger partial charge >= 0.3 is 18.0 Å². The third-order valence-corrected chi connectivity index (χ3v) is 2.13. The van der Waals surface area contributed by atoms with Crippen LogP contribution in [0, 0.1) is 0 Å². The van der Waals surface area contributed by atoms with E-state index in [-0.39, 0.29) is 0 Å². The minimum atomic E-state index is -1.13. The molecule has 0 bridgehead atoms. The third kappa shape index (κ3) is 0.918. The normalized spacial score (nSPS) is 30.1. The van der Waals surface area contributed by atoms with Crippen molar-refractivity contribution in [1.82, 2.24) is 10.2 Å². The summed E-state index contributed by atoms with van der Waals surface area (Å²) in [6, 6.07) is -2.91. The predicted molar refractivity (Wildman–Crippen MR) is 39.7 cm³/mol. The summed E-state index contributed by atoms with van der Waals surface area (Å²) < 4.78 is 4.27. The molecule has 2 aliphatic rings. The molecule has 2 atom stereocenters. The largest absolute Gasteiger partial charge is 0.390 e. The summed E-state index contributed by atoms with van der Waals surface area (Å²) >= 11 is 0. The number of ether oxygens (including phenoxy) is 1. The minimum Gasteiger partial charge on any atom is -0.390 e. The molecule has 0 aromatic rings. The maximum absolute atomic E-state index is 11.2. The van der Waals surface area contributed by atoms with Gasteiger partial charge in [0.05, 0.1) is 0 Å². The van der Waals surface area contributed by atoms with Gasteiger partial charge in [0.1, 0.15) is 0 Å². The molecule has 2 heterocycles. The van der Waals surface area contributed by atoms with Crippen molar-refractivity contribution in [1.29, 1.82) is 0 Å². The molecule has 74 valence electrons. The average Bonchev–Trinajstić information content (AvgIpc) is 2.52. The van der Waals surface area contributed by atoms with Crippen molar-refractivity contribution in [2.45, 2.75) is 19.0 Å². The number of rotatable bonds is 0. The molecule has 0 aliphatic carbocycles. The number of esters is 2. The number of imide groups is 1. The second-order valence-corrected chi connectivity index (χ2v) is 3.00. The van der Waals surface area contributed by atoms with Gasteiger partial charge in [-0.15, -0.1) is 0 Å². The van der Waals surface area contributed by atoms with E-state index in [1.165, 1.54) is 0 Å². The quantitative estimate of drug-likeness (QED) is 0.373. The van der Waals surface area contributed by atoms with Gasteiger partial charge in [0.25, 0.3) is 0 Å². The second kappa shape index (κ2) is 2.53. The maximum atomic E-state index is 11.2. The van der Waals surface area contributed by atoms with E-state index in [4.69, 9.17) is 0 Å². The Morgan fingerprint density at radius 2 is 2.00 bits per heavy atom. The first kappa shape index (κ1) is 8.67. The van der Waals surface area contributed by atoms with Crippen LogP contribution in [0.2, 0.25) is 0 Å². The fourth-order valence-electron chi connectivity index (χ4n) is 1.55.